The molecule has 0 aromatic heterocycles. The third kappa shape index (κ3) is 9.51. The van der Waals surface area contributed by atoms with Crippen molar-refractivity contribution < 1.29 is 5.11 Å². The standard InChI is InChI=1S/C9H15NO.ClH/c1-2-3-4-5-6-7-9(10)8-11;/h1,6-7,9,11H,3-5,8,10H2;1H/t9-;/m1./s1. The first-order valence-corrected chi connectivity index (χ1v) is 3.77. The second kappa shape index (κ2) is 10.5. The molecule has 3 N–H and O–H groups in total. The van der Waals surface area contributed by atoms with E-state index in [2.05, 4.69) is 5.92 Å². The number of hydrogen-bond acceptors (Lipinski definition) is 2. The maximum atomic E-state index is 8.53. The van der Waals surface area contributed by atoms with Gasteiger partial charge in [-0.1, -0.05) is 12.2 Å². The first kappa shape index (κ1) is 14.1. The second-order valence-electron chi connectivity index (χ2n) is 2.37. The summed E-state index contributed by atoms with van der Waals surface area (Å²) in [5.41, 5.74) is 5.41. The van der Waals surface area contributed by atoms with Crippen molar-refractivity contribution in [2.24, 2.45) is 5.73 Å². The lowest BCUT2D eigenvalue weighted by molar-refractivity contribution is 0.284. The molecule has 0 aromatic carbocycles. The van der Waals surface area contributed by atoms with Crippen LogP contribution in [0.1, 0.15) is 19.3 Å². The number of hydrogen-bond donors (Lipinski definition) is 2. The summed E-state index contributed by atoms with van der Waals surface area (Å²) >= 11 is 0. The molecule has 0 aliphatic carbocycles. The quantitative estimate of drug-likeness (QED) is 0.387. The van der Waals surface area contributed by atoms with Crippen molar-refractivity contribution in [2.75, 3.05) is 6.61 Å². The molecule has 0 heterocycles. The van der Waals surface area contributed by atoms with E-state index in [0.29, 0.717) is 0 Å². The molecular formula is C9H16ClNO. The largest absolute Gasteiger partial charge is 0.394 e. The Kier molecular flexibility index (Phi) is 12.3. The minimum atomic E-state index is -0.221. The molecule has 70 valence electrons. The predicted molar refractivity (Wildman–Crippen MR) is 54.1 cm³/mol. The smallest absolute Gasteiger partial charge is 0.0618 e. The monoisotopic (exact) mass is 189 g/mol. The third-order valence-corrected chi connectivity index (χ3v) is 1.29. The van der Waals surface area contributed by atoms with E-state index in [1.54, 1.807) is 6.08 Å². The number of nitrogens with two attached hydrogens (primary N) is 1. The molecule has 0 aliphatic heterocycles. The van der Waals surface area contributed by atoms with E-state index < -0.39 is 0 Å². The highest BCUT2D eigenvalue weighted by Gasteiger charge is 1.90. The summed E-state index contributed by atoms with van der Waals surface area (Å²) in [6.07, 6.45) is 11.6. The van der Waals surface area contributed by atoms with Gasteiger partial charge in [0.15, 0.2) is 0 Å². The molecule has 0 radical (unpaired) electrons. The maximum Gasteiger partial charge on any atom is 0.0618 e. The molecule has 0 aliphatic rings. The Morgan fingerprint density at radius 3 is 2.75 bits per heavy atom. The molecule has 0 amide bonds. The fourth-order valence-electron chi connectivity index (χ4n) is 0.654. The molecule has 0 spiro atoms. The molecular weight excluding hydrogens is 174 g/mol. The average Bonchev–Trinajstić information content (AvgIpc) is 2.04. The topological polar surface area (TPSA) is 46.2 Å². The van der Waals surface area contributed by atoms with Crippen molar-refractivity contribution in [1.29, 1.82) is 0 Å². The van der Waals surface area contributed by atoms with Crippen LogP contribution >= 0.6 is 12.4 Å². The molecule has 0 rings (SSSR count). The van der Waals surface area contributed by atoms with Gasteiger partial charge in [0.25, 0.3) is 0 Å². The number of aliphatic hydroxyl groups is 1. The molecule has 0 saturated heterocycles. The van der Waals surface area contributed by atoms with Crippen molar-refractivity contribution in [2.45, 2.75) is 25.3 Å². The number of rotatable bonds is 5. The summed E-state index contributed by atoms with van der Waals surface area (Å²) in [6, 6.07) is -0.221. The van der Waals surface area contributed by atoms with Crippen molar-refractivity contribution in [3.63, 3.8) is 0 Å². The van der Waals surface area contributed by atoms with Gasteiger partial charge in [0.1, 0.15) is 0 Å². The first-order chi connectivity index (χ1) is 5.31. The summed E-state index contributed by atoms with van der Waals surface area (Å²) in [5, 5.41) is 8.53. The van der Waals surface area contributed by atoms with Crippen LogP contribution in [-0.2, 0) is 0 Å². The Bertz CT molecular complexity index is 151. The van der Waals surface area contributed by atoms with E-state index in [9.17, 15) is 0 Å². The zero-order chi connectivity index (χ0) is 8.53. The van der Waals surface area contributed by atoms with Crippen LogP contribution in [0.2, 0.25) is 0 Å². The lowest BCUT2D eigenvalue weighted by Crippen LogP contribution is -2.20. The van der Waals surface area contributed by atoms with Crippen molar-refractivity contribution >= 4 is 12.4 Å². The van der Waals surface area contributed by atoms with E-state index in [1.807, 2.05) is 6.08 Å². The van der Waals surface area contributed by atoms with Crippen molar-refractivity contribution in [1.82, 2.24) is 0 Å². The molecule has 0 unspecified atom stereocenters. The second-order valence-corrected chi connectivity index (χ2v) is 2.37. The molecule has 0 aromatic rings. The lowest BCUT2D eigenvalue weighted by atomic mass is 10.2. The predicted octanol–water partition coefficient (Wildman–Crippen LogP) is 1.09. The van der Waals surface area contributed by atoms with Gasteiger partial charge in [0.2, 0.25) is 0 Å². The highest BCUT2D eigenvalue weighted by molar-refractivity contribution is 5.85. The van der Waals surface area contributed by atoms with Gasteiger partial charge in [-0.15, -0.1) is 24.8 Å². The number of halogens is 1. The molecule has 0 saturated carbocycles. The number of unbranched alkanes of at least 4 members (excludes halogenated alkanes) is 2. The molecule has 0 fully saturated rings. The Morgan fingerprint density at radius 2 is 2.25 bits per heavy atom. The summed E-state index contributed by atoms with van der Waals surface area (Å²) in [6.45, 7) is 0.00559. The van der Waals surface area contributed by atoms with Gasteiger partial charge in [0.05, 0.1) is 6.61 Å². The number of aliphatic hydroxyl groups excluding tert-OH is 1. The van der Waals surface area contributed by atoms with Crippen LogP contribution in [0.5, 0.6) is 0 Å². The summed E-state index contributed by atoms with van der Waals surface area (Å²) in [5.74, 6) is 2.56. The highest BCUT2D eigenvalue weighted by atomic mass is 35.5. The van der Waals surface area contributed by atoms with Crippen LogP contribution < -0.4 is 5.73 Å². The zero-order valence-corrected chi connectivity index (χ0v) is 7.89. The van der Waals surface area contributed by atoms with Crippen LogP contribution in [0.3, 0.4) is 0 Å². The van der Waals surface area contributed by atoms with Gasteiger partial charge in [-0.3, -0.25) is 0 Å². The van der Waals surface area contributed by atoms with Crippen LogP contribution in [0.25, 0.3) is 0 Å². The Morgan fingerprint density at radius 1 is 1.58 bits per heavy atom. The van der Waals surface area contributed by atoms with E-state index >= 15 is 0 Å². The van der Waals surface area contributed by atoms with Crippen molar-refractivity contribution in [3.05, 3.63) is 12.2 Å². The Labute approximate surface area is 80.3 Å². The fourth-order valence-corrected chi connectivity index (χ4v) is 0.654. The van der Waals surface area contributed by atoms with Gasteiger partial charge in [-0.2, -0.15) is 0 Å². The first-order valence-electron chi connectivity index (χ1n) is 3.77. The van der Waals surface area contributed by atoms with Crippen LogP contribution in [0.15, 0.2) is 12.2 Å². The van der Waals surface area contributed by atoms with Crippen LogP contribution in [0.4, 0.5) is 0 Å². The summed E-state index contributed by atoms with van der Waals surface area (Å²) in [4.78, 5) is 0. The molecule has 2 nitrogen and oxygen atoms in total. The molecule has 0 bridgehead atoms. The summed E-state index contributed by atoms with van der Waals surface area (Å²) in [7, 11) is 0. The van der Waals surface area contributed by atoms with Gasteiger partial charge < -0.3 is 10.8 Å². The zero-order valence-electron chi connectivity index (χ0n) is 7.07. The minimum absolute atomic E-state index is 0. The van der Waals surface area contributed by atoms with Crippen LogP contribution in [0, 0.1) is 12.3 Å². The summed E-state index contributed by atoms with van der Waals surface area (Å²) < 4.78 is 0. The normalized spacial score (nSPS) is 12.1. The SMILES string of the molecule is C#CCCCC=C[C@@H](N)CO.Cl. The lowest BCUT2D eigenvalue weighted by Gasteiger charge is -1.98. The third-order valence-electron chi connectivity index (χ3n) is 1.29. The Balaban J connectivity index is 0. The highest BCUT2D eigenvalue weighted by Crippen LogP contribution is 1.95. The fraction of sp³-hybridized carbons (Fsp3) is 0.556. The average molecular weight is 190 g/mol. The maximum absolute atomic E-state index is 8.53. The van der Waals surface area contributed by atoms with Crippen LogP contribution in [-0.4, -0.2) is 17.8 Å². The molecule has 3 heteroatoms. The van der Waals surface area contributed by atoms with E-state index in [1.165, 1.54) is 0 Å². The van der Waals surface area contributed by atoms with Crippen molar-refractivity contribution in [3.8, 4) is 12.3 Å². The number of terminal acetylenes is 1. The van der Waals surface area contributed by atoms with Gasteiger partial charge in [-0.25, -0.2) is 0 Å². The number of allylic oxidation sites excluding steroid dienone is 1. The minimum Gasteiger partial charge on any atom is -0.394 e. The molecule has 1 atom stereocenters. The van der Waals surface area contributed by atoms with Gasteiger partial charge in [0, 0.05) is 12.5 Å². The molecule has 12 heavy (non-hydrogen) atoms. The van der Waals surface area contributed by atoms with Gasteiger partial charge >= 0.3 is 0 Å². The van der Waals surface area contributed by atoms with E-state index in [0.717, 1.165) is 19.3 Å². The Hall–Kier alpha value is -0.490. The van der Waals surface area contributed by atoms with Gasteiger partial charge in [-0.05, 0) is 12.8 Å². The van der Waals surface area contributed by atoms with E-state index in [-0.39, 0.29) is 25.1 Å². The van der Waals surface area contributed by atoms with E-state index in [4.69, 9.17) is 17.3 Å².